The SMILES string of the molecule is Nc1cc([N+](=O)[O-])cc(S(=O)(=O)CCO)c1CCN1CCOCC1. The molecule has 9 nitrogen and oxygen atoms in total. The molecule has 0 aliphatic carbocycles. The first-order chi connectivity index (χ1) is 11.3. The number of nitrogens with two attached hydrogens (primary N) is 1. The number of benzene rings is 1. The molecule has 0 spiro atoms. The number of nitrogen functional groups attached to an aromatic ring is 1. The van der Waals surface area contributed by atoms with E-state index in [0.717, 1.165) is 19.2 Å². The highest BCUT2D eigenvalue weighted by Crippen LogP contribution is 2.29. The second kappa shape index (κ2) is 7.88. The first-order valence-corrected chi connectivity index (χ1v) is 9.21. The molecule has 3 N–H and O–H groups in total. The summed E-state index contributed by atoms with van der Waals surface area (Å²) in [7, 11) is -3.85. The smallest absolute Gasteiger partial charge is 0.272 e. The number of hydrogen-bond acceptors (Lipinski definition) is 8. The lowest BCUT2D eigenvalue weighted by Crippen LogP contribution is -2.37. The van der Waals surface area contributed by atoms with Crippen LogP contribution in [0.25, 0.3) is 0 Å². The second-order valence-corrected chi connectivity index (χ2v) is 7.59. The normalized spacial score (nSPS) is 16.2. The number of ether oxygens (including phenoxy) is 1. The van der Waals surface area contributed by atoms with Gasteiger partial charge in [0.15, 0.2) is 9.84 Å². The summed E-state index contributed by atoms with van der Waals surface area (Å²) in [4.78, 5) is 12.3. The van der Waals surface area contributed by atoms with E-state index in [-0.39, 0.29) is 16.3 Å². The van der Waals surface area contributed by atoms with Crippen LogP contribution in [-0.4, -0.2) is 68.6 Å². The third-order valence-electron chi connectivity index (χ3n) is 3.92. The lowest BCUT2D eigenvalue weighted by atomic mass is 10.1. The highest BCUT2D eigenvalue weighted by atomic mass is 32.2. The molecular formula is C14H21N3O6S. The summed E-state index contributed by atoms with van der Waals surface area (Å²) in [6, 6.07) is 2.20. The summed E-state index contributed by atoms with van der Waals surface area (Å²) >= 11 is 0. The summed E-state index contributed by atoms with van der Waals surface area (Å²) in [5.74, 6) is -0.502. The molecule has 24 heavy (non-hydrogen) atoms. The van der Waals surface area contributed by atoms with Crippen LogP contribution in [-0.2, 0) is 21.0 Å². The van der Waals surface area contributed by atoms with Crippen LogP contribution in [0.3, 0.4) is 0 Å². The Morgan fingerprint density at radius 3 is 2.58 bits per heavy atom. The third-order valence-corrected chi connectivity index (χ3v) is 5.67. The standard InChI is InChI=1S/C14H21N3O6S/c15-13-9-11(17(19)20)10-14(24(21,22)8-5-18)12(13)1-2-16-3-6-23-7-4-16/h9-10,18H,1-8,15H2. The molecule has 1 heterocycles. The number of rotatable bonds is 7. The zero-order chi connectivity index (χ0) is 17.7. The van der Waals surface area contributed by atoms with Crippen molar-refractivity contribution in [2.45, 2.75) is 11.3 Å². The number of nitrogens with zero attached hydrogens (tertiary/aromatic N) is 2. The Balaban J connectivity index is 2.35. The Hall–Kier alpha value is -1.75. The van der Waals surface area contributed by atoms with Gasteiger partial charge in [-0.2, -0.15) is 0 Å². The highest BCUT2D eigenvalue weighted by molar-refractivity contribution is 7.91. The quantitative estimate of drug-likeness (QED) is 0.389. The molecule has 0 aromatic heterocycles. The minimum Gasteiger partial charge on any atom is -0.398 e. The van der Waals surface area contributed by atoms with Crippen molar-refractivity contribution in [3.8, 4) is 0 Å². The average Bonchev–Trinajstić information content (AvgIpc) is 2.53. The molecule has 134 valence electrons. The van der Waals surface area contributed by atoms with E-state index in [9.17, 15) is 18.5 Å². The van der Waals surface area contributed by atoms with Crippen molar-refractivity contribution in [3.63, 3.8) is 0 Å². The lowest BCUT2D eigenvalue weighted by Gasteiger charge is -2.27. The van der Waals surface area contributed by atoms with Crippen LogP contribution >= 0.6 is 0 Å². The molecule has 2 rings (SSSR count). The van der Waals surface area contributed by atoms with Gasteiger partial charge in [-0.05, 0) is 12.0 Å². The van der Waals surface area contributed by atoms with Gasteiger partial charge >= 0.3 is 0 Å². The number of nitro benzene ring substituents is 1. The molecule has 1 aromatic carbocycles. The van der Waals surface area contributed by atoms with E-state index in [0.29, 0.717) is 31.7 Å². The number of anilines is 1. The first-order valence-electron chi connectivity index (χ1n) is 7.55. The molecule has 0 atom stereocenters. The van der Waals surface area contributed by atoms with Crippen molar-refractivity contribution < 1.29 is 23.2 Å². The van der Waals surface area contributed by atoms with Crippen LogP contribution in [0.1, 0.15) is 5.56 Å². The minimum absolute atomic E-state index is 0.0778. The van der Waals surface area contributed by atoms with E-state index < -0.39 is 27.1 Å². The van der Waals surface area contributed by atoms with Crippen molar-refractivity contribution in [1.82, 2.24) is 4.90 Å². The van der Waals surface area contributed by atoms with E-state index in [1.165, 1.54) is 6.07 Å². The van der Waals surface area contributed by atoms with Gasteiger partial charge in [0, 0.05) is 37.5 Å². The molecule has 0 unspecified atom stereocenters. The van der Waals surface area contributed by atoms with Gasteiger partial charge < -0.3 is 15.6 Å². The van der Waals surface area contributed by atoms with Gasteiger partial charge in [0.1, 0.15) is 0 Å². The molecule has 1 saturated heterocycles. The number of aliphatic hydroxyl groups excluding tert-OH is 1. The van der Waals surface area contributed by atoms with Gasteiger partial charge in [0.2, 0.25) is 0 Å². The molecule has 1 aliphatic rings. The maximum atomic E-state index is 12.4. The summed E-state index contributed by atoms with van der Waals surface area (Å²) in [6.07, 6.45) is 0.351. The van der Waals surface area contributed by atoms with Gasteiger partial charge in [0.05, 0.1) is 35.4 Å². The third kappa shape index (κ3) is 4.41. The largest absolute Gasteiger partial charge is 0.398 e. The number of aliphatic hydroxyl groups is 1. The summed E-state index contributed by atoms with van der Waals surface area (Å²) in [5.41, 5.74) is 5.96. The first kappa shape index (κ1) is 18.6. The van der Waals surface area contributed by atoms with Crippen LogP contribution in [0.4, 0.5) is 11.4 Å². The lowest BCUT2D eigenvalue weighted by molar-refractivity contribution is -0.385. The Bertz CT molecular complexity index is 701. The summed E-state index contributed by atoms with van der Waals surface area (Å²) in [6.45, 7) is 2.73. The van der Waals surface area contributed by atoms with Crippen LogP contribution in [0, 0.1) is 10.1 Å². The predicted octanol–water partition coefficient (Wildman–Crippen LogP) is -0.182. The minimum atomic E-state index is -3.85. The van der Waals surface area contributed by atoms with Gasteiger partial charge in [-0.15, -0.1) is 0 Å². The van der Waals surface area contributed by atoms with Crippen molar-refractivity contribution in [2.75, 3.05) is 50.9 Å². The Labute approximate surface area is 140 Å². The number of sulfone groups is 1. The number of non-ortho nitro benzene ring substituents is 1. The highest BCUT2D eigenvalue weighted by Gasteiger charge is 2.25. The fourth-order valence-corrected chi connectivity index (χ4v) is 3.98. The van der Waals surface area contributed by atoms with Crippen molar-refractivity contribution in [2.24, 2.45) is 0 Å². The van der Waals surface area contributed by atoms with Crippen molar-refractivity contribution in [1.29, 1.82) is 0 Å². The second-order valence-electron chi connectivity index (χ2n) is 5.52. The molecule has 1 aromatic rings. The molecule has 1 aliphatic heterocycles. The molecule has 0 amide bonds. The zero-order valence-electron chi connectivity index (χ0n) is 13.2. The van der Waals surface area contributed by atoms with E-state index in [1.54, 1.807) is 0 Å². The van der Waals surface area contributed by atoms with Gasteiger partial charge in [-0.1, -0.05) is 0 Å². The van der Waals surface area contributed by atoms with Crippen molar-refractivity contribution in [3.05, 3.63) is 27.8 Å². The average molecular weight is 359 g/mol. The Kier molecular flexibility index (Phi) is 6.10. The van der Waals surface area contributed by atoms with E-state index in [2.05, 4.69) is 4.90 Å². The molecule has 0 bridgehead atoms. The van der Waals surface area contributed by atoms with E-state index in [4.69, 9.17) is 15.6 Å². The van der Waals surface area contributed by atoms with E-state index >= 15 is 0 Å². The molecule has 10 heteroatoms. The number of hydrogen-bond donors (Lipinski definition) is 2. The number of morpholine rings is 1. The molecule has 1 fully saturated rings. The van der Waals surface area contributed by atoms with Gasteiger partial charge in [0.25, 0.3) is 5.69 Å². The molecule has 0 radical (unpaired) electrons. The Morgan fingerprint density at radius 1 is 1.33 bits per heavy atom. The predicted molar refractivity (Wildman–Crippen MR) is 87.6 cm³/mol. The fraction of sp³-hybridized carbons (Fsp3) is 0.571. The van der Waals surface area contributed by atoms with Crippen LogP contribution in [0.5, 0.6) is 0 Å². The maximum absolute atomic E-state index is 12.4. The van der Waals surface area contributed by atoms with Gasteiger partial charge in [-0.25, -0.2) is 8.42 Å². The van der Waals surface area contributed by atoms with Gasteiger partial charge in [-0.3, -0.25) is 15.0 Å². The maximum Gasteiger partial charge on any atom is 0.272 e. The number of nitro groups is 1. The summed E-state index contributed by atoms with van der Waals surface area (Å²) in [5, 5.41) is 20.0. The zero-order valence-corrected chi connectivity index (χ0v) is 14.0. The van der Waals surface area contributed by atoms with Crippen LogP contribution in [0.2, 0.25) is 0 Å². The fourth-order valence-electron chi connectivity index (χ4n) is 2.63. The summed E-state index contributed by atoms with van der Waals surface area (Å²) < 4.78 is 30.0. The Morgan fingerprint density at radius 2 is 2.00 bits per heavy atom. The van der Waals surface area contributed by atoms with Crippen LogP contribution < -0.4 is 5.73 Å². The monoisotopic (exact) mass is 359 g/mol. The molecular weight excluding hydrogens is 338 g/mol. The topological polar surface area (TPSA) is 136 Å². The molecule has 0 saturated carbocycles. The van der Waals surface area contributed by atoms with E-state index in [1.807, 2.05) is 0 Å². The van der Waals surface area contributed by atoms with Crippen LogP contribution in [0.15, 0.2) is 17.0 Å². The van der Waals surface area contributed by atoms with Crippen molar-refractivity contribution >= 4 is 21.2 Å².